The maximum atomic E-state index is 13.8. The highest BCUT2D eigenvalue weighted by atomic mass is 19.1. The topological polar surface area (TPSA) is 44.9 Å². The minimum absolute atomic E-state index is 0.0271. The van der Waals surface area contributed by atoms with E-state index >= 15 is 0 Å². The predicted octanol–water partition coefficient (Wildman–Crippen LogP) is 3.77. The van der Waals surface area contributed by atoms with Gasteiger partial charge in [0.05, 0.1) is 0 Å². The van der Waals surface area contributed by atoms with Gasteiger partial charge >= 0.3 is 0 Å². The summed E-state index contributed by atoms with van der Waals surface area (Å²) >= 11 is 0. The summed E-state index contributed by atoms with van der Waals surface area (Å²) in [5.41, 5.74) is 2.97. The molecule has 0 spiro atoms. The van der Waals surface area contributed by atoms with Crippen molar-refractivity contribution in [3.05, 3.63) is 71.7 Å². The SMILES string of the molecule is O=C(NCCc1c[nH]c2ccccc12)C1CC1c1ccccc1F. The Morgan fingerprint density at radius 1 is 1.17 bits per heavy atom. The summed E-state index contributed by atoms with van der Waals surface area (Å²) in [6, 6.07) is 14.9. The van der Waals surface area contributed by atoms with Crippen molar-refractivity contribution in [3.8, 4) is 0 Å². The third-order valence-electron chi connectivity index (χ3n) is 4.80. The second-order valence-corrected chi connectivity index (χ2v) is 6.37. The molecule has 0 bridgehead atoms. The number of hydrogen-bond donors (Lipinski definition) is 2. The van der Waals surface area contributed by atoms with Crippen LogP contribution in [-0.2, 0) is 11.2 Å². The number of carbonyl (C=O) groups excluding carboxylic acids is 1. The van der Waals surface area contributed by atoms with Gasteiger partial charge in [-0.3, -0.25) is 4.79 Å². The van der Waals surface area contributed by atoms with Gasteiger partial charge < -0.3 is 10.3 Å². The van der Waals surface area contributed by atoms with Gasteiger partial charge in [-0.05, 0) is 42.0 Å². The molecule has 0 aliphatic heterocycles. The number of fused-ring (bicyclic) bond motifs is 1. The number of hydrogen-bond acceptors (Lipinski definition) is 1. The van der Waals surface area contributed by atoms with E-state index in [1.54, 1.807) is 12.1 Å². The van der Waals surface area contributed by atoms with E-state index in [1.165, 1.54) is 17.0 Å². The van der Waals surface area contributed by atoms with Crippen LogP contribution in [0.4, 0.5) is 4.39 Å². The predicted molar refractivity (Wildman–Crippen MR) is 92.3 cm³/mol. The van der Waals surface area contributed by atoms with E-state index in [1.807, 2.05) is 30.5 Å². The zero-order chi connectivity index (χ0) is 16.5. The van der Waals surface area contributed by atoms with Crippen LogP contribution in [0.1, 0.15) is 23.5 Å². The molecule has 1 amide bonds. The zero-order valence-corrected chi connectivity index (χ0v) is 13.3. The Balaban J connectivity index is 1.33. The molecule has 2 atom stereocenters. The lowest BCUT2D eigenvalue weighted by atomic mass is 10.1. The Bertz CT molecular complexity index is 886. The van der Waals surface area contributed by atoms with Gasteiger partial charge in [0.15, 0.2) is 0 Å². The van der Waals surface area contributed by atoms with E-state index in [9.17, 15) is 9.18 Å². The third-order valence-corrected chi connectivity index (χ3v) is 4.80. The summed E-state index contributed by atoms with van der Waals surface area (Å²) in [6.45, 7) is 0.598. The molecule has 1 fully saturated rings. The van der Waals surface area contributed by atoms with Gasteiger partial charge in [-0.2, -0.15) is 0 Å². The number of benzene rings is 2. The fraction of sp³-hybridized carbons (Fsp3) is 0.250. The van der Waals surface area contributed by atoms with Crippen molar-refractivity contribution in [3.63, 3.8) is 0 Å². The molecule has 24 heavy (non-hydrogen) atoms. The number of aromatic nitrogens is 1. The molecule has 4 heteroatoms. The minimum Gasteiger partial charge on any atom is -0.361 e. The molecule has 1 heterocycles. The number of halogens is 1. The van der Waals surface area contributed by atoms with Crippen molar-refractivity contribution >= 4 is 16.8 Å². The zero-order valence-electron chi connectivity index (χ0n) is 13.3. The summed E-state index contributed by atoms with van der Waals surface area (Å²) in [5.74, 6) is -0.246. The standard InChI is InChI=1S/C20H19FN2O/c21-18-7-3-1-6-15(18)16-11-17(16)20(24)22-10-9-13-12-23-19-8-4-2-5-14(13)19/h1-8,12,16-17,23H,9-11H2,(H,22,24). The number of para-hydroxylation sites is 1. The lowest BCUT2D eigenvalue weighted by Gasteiger charge is -2.05. The molecule has 0 radical (unpaired) electrons. The average molecular weight is 322 g/mol. The van der Waals surface area contributed by atoms with Gasteiger partial charge in [0.1, 0.15) is 5.82 Å². The van der Waals surface area contributed by atoms with Crippen LogP contribution in [0.2, 0.25) is 0 Å². The maximum Gasteiger partial charge on any atom is 0.223 e. The molecule has 0 saturated heterocycles. The van der Waals surface area contributed by atoms with Crippen LogP contribution in [-0.4, -0.2) is 17.4 Å². The summed E-state index contributed by atoms with van der Waals surface area (Å²) < 4.78 is 13.8. The van der Waals surface area contributed by atoms with Crippen LogP contribution in [0.25, 0.3) is 10.9 Å². The van der Waals surface area contributed by atoms with E-state index in [-0.39, 0.29) is 23.6 Å². The van der Waals surface area contributed by atoms with Gasteiger partial charge in [-0.1, -0.05) is 36.4 Å². The fourth-order valence-electron chi connectivity index (χ4n) is 3.39. The summed E-state index contributed by atoms with van der Waals surface area (Å²) in [6.07, 6.45) is 3.52. The van der Waals surface area contributed by atoms with Crippen LogP contribution in [0, 0.1) is 11.7 Å². The van der Waals surface area contributed by atoms with Crippen molar-refractivity contribution in [2.24, 2.45) is 5.92 Å². The smallest absolute Gasteiger partial charge is 0.223 e. The quantitative estimate of drug-likeness (QED) is 0.738. The molecule has 2 N–H and O–H groups in total. The van der Waals surface area contributed by atoms with Crippen LogP contribution < -0.4 is 5.32 Å². The molecule has 3 nitrogen and oxygen atoms in total. The molecule has 1 aliphatic rings. The first-order chi connectivity index (χ1) is 11.7. The van der Waals surface area contributed by atoms with E-state index in [0.29, 0.717) is 12.1 Å². The van der Waals surface area contributed by atoms with Gasteiger partial charge in [-0.15, -0.1) is 0 Å². The lowest BCUT2D eigenvalue weighted by molar-refractivity contribution is -0.122. The number of nitrogens with one attached hydrogen (secondary N) is 2. The van der Waals surface area contributed by atoms with Crippen LogP contribution in [0.3, 0.4) is 0 Å². The van der Waals surface area contributed by atoms with E-state index in [0.717, 1.165) is 18.4 Å². The first kappa shape index (κ1) is 14.9. The molecular weight excluding hydrogens is 303 g/mol. The molecule has 2 unspecified atom stereocenters. The fourth-order valence-corrected chi connectivity index (χ4v) is 3.39. The second-order valence-electron chi connectivity index (χ2n) is 6.37. The van der Waals surface area contributed by atoms with E-state index < -0.39 is 0 Å². The van der Waals surface area contributed by atoms with Crippen LogP contribution >= 0.6 is 0 Å². The number of rotatable bonds is 5. The first-order valence-corrected chi connectivity index (χ1v) is 8.31. The molecule has 3 aromatic rings. The van der Waals surface area contributed by atoms with Crippen molar-refractivity contribution < 1.29 is 9.18 Å². The molecule has 1 saturated carbocycles. The van der Waals surface area contributed by atoms with Gasteiger partial charge in [0.25, 0.3) is 0 Å². The third kappa shape index (κ3) is 2.80. The Hall–Kier alpha value is -2.62. The van der Waals surface area contributed by atoms with Crippen molar-refractivity contribution in [2.75, 3.05) is 6.54 Å². The first-order valence-electron chi connectivity index (χ1n) is 8.31. The molecule has 1 aromatic heterocycles. The Morgan fingerprint density at radius 2 is 1.96 bits per heavy atom. The Labute approximate surface area is 139 Å². The number of aromatic amines is 1. The molecule has 1 aliphatic carbocycles. The molecule has 2 aromatic carbocycles. The Kier molecular flexibility index (Phi) is 3.81. The van der Waals surface area contributed by atoms with Crippen molar-refractivity contribution in [1.29, 1.82) is 0 Å². The molecule has 4 rings (SSSR count). The monoisotopic (exact) mass is 322 g/mol. The molecule has 122 valence electrons. The highest BCUT2D eigenvalue weighted by molar-refractivity contribution is 5.84. The summed E-state index contributed by atoms with van der Waals surface area (Å²) in [4.78, 5) is 15.5. The Morgan fingerprint density at radius 3 is 2.83 bits per heavy atom. The average Bonchev–Trinajstić information content (AvgIpc) is 3.29. The summed E-state index contributed by atoms with van der Waals surface area (Å²) in [7, 11) is 0. The van der Waals surface area contributed by atoms with Gasteiger partial charge in [0, 0.05) is 29.6 Å². The lowest BCUT2D eigenvalue weighted by Crippen LogP contribution is -2.27. The highest BCUT2D eigenvalue weighted by Gasteiger charge is 2.44. The van der Waals surface area contributed by atoms with Gasteiger partial charge in [-0.25, -0.2) is 4.39 Å². The summed E-state index contributed by atoms with van der Waals surface area (Å²) in [5, 5.41) is 4.19. The van der Waals surface area contributed by atoms with Crippen LogP contribution in [0.15, 0.2) is 54.7 Å². The minimum atomic E-state index is -0.211. The van der Waals surface area contributed by atoms with Gasteiger partial charge in [0.2, 0.25) is 5.91 Å². The van der Waals surface area contributed by atoms with Crippen molar-refractivity contribution in [1.82, 2.24) is 10.3 Å². The largest absolute Gasteiger partial charge is 0.361 e. The van der Waals surface area contributed by atoms with Crippen LogP contribution in [0.5, 0.6) is 0 Å². The van der Waals surface area contributed by atoms with E-state index in [2.05, 4.69) is 16.4 Å². The highest BCUT2D eigenvalue weighted by Crippen LogP contribution is 2.48. The molecular formula is C20H19FN2O. The second kappa shape index (κ2) is 6.11. The number of amides is 1. The number of H-pyrrole nitrogens is 1. The van der Waals surface area contributed by atoms with Crippen molar-refractivity contribution in [2.45, 2.75) is 18.8 Å². The normalized spacial score (nSPS) is 19.4. The van der Waals surface area contributed by atoms with E-state index in [4.69, 9.17) is 0 Å². The number of carbonyl (C=O) groups is 1. The maximum absolute atomic E-state index is 13.8.